The first-order valence-corrected chi connectivity index (χ1v) is 15.8. The fourth-order valence-corrected chi connectivity index (χ4v) is 6.46. The lowest BCUT2D eigenvalue weighted by Crippen LogP contribution is -2.51. The van der Waals surface area contributed by atoms with Gasteiger partial charge in [-0.15, -0.1) is 6.58 Å². The third-order valence-corrected chi connectivity index (χ3v) is 9.26. The van der Waals surface area contributed by atoms with Crippen molar-refractivity contribution in [1.82, 2.24) is 30.0 Å². The van der Waals surface area contributed by atoms with Crippen LogP contribution in [0.15, 0.2) is 91.8 Å². The van der Waals surface area contributed by atoms with Gasteiger partial charge in [-0.2, -0.15) is 5.10 Å². The van der Waals surface area contributed by atoms with Crippen LogP contribution in [-0.2, 0) is 9.59 Å². The zero-order chi connectivity index (χ0) is 33.3. The van der Waals surface area contributed by atoms with E-state index >= 15 is 0 Å². The lowest BCUT2D eigenvalue weighted by atomic mass is 9.86. The van der Waals surface area contributed by atoms with Crippen LogP contribution in [0.3, 0.4) is 0 Å². The van der Waals surface area contributed by atoms with Gasteiger partial charge in [0.15, 0.2) is 11.6 Å². The van der Waals surface area contributed by atoms with Crippen LogP contribution in [0.1, 0.15) is 6.42 Å². The summed E-state index contributed by atoms with van der Waals surface area (Å²) in [5.74, 6) is -0.471. The molecule has 0 saturated carbocycles. The fourth-order valence-electron chi connectivity index (χ4n) is 6.46. The van der Waals surface area contributed by atoms with Crippen molar-refractivity contribution in [1.29, 1.82) is 0 Å². The van der Waals surface area contributed by atoms with Crippen molar-refractivity contribution in [3.8, 4) is 22.6 Å². The number of anilines is 2. The number of piperazine rings is 1. The van der Waals surface area contributed by atoms with Crippen LogP contribution in [0.2, 0.25) is 0 Å². The highest BCUT2D eigenvalue weighted by Gasteiger charge is 2.43. The van der Waals surface area contributed by atoms with Gasteiger partial charge in [-0.25, -0.2) is 18.7 Å². The number of likely N-dealkylation sites (tertiary alicyclic amines) is 1. The highest BCUT2D eigenvalue weighted by molar-refractivity contribution is 6.01. The van der Waals surface area contributed by atoms with Crippen molar-refractivity contribution in [2.45, 2.75) is 6.42 Å². The SMILES string of the molecule is C=CC1(C(=O)Nc2ccc3[nH]nc(-c4ccc(F)cc4)c3c2)CCN(CC(=O)N2CCN(c3ccc(-c4ncc(F)cn4)cc3)CC2)C1. The van der Waals surface area contributed by atoms with E-state index in [9.17, 15) is 18.4 Å². The van der Waals surface area contributed by atoms with E-state index in [2.05, 4.69) is 37.0 Å². The third-order valence-electron chi connectivity index (χ3n) is 9.26. The number of amides is 2. The molecule has 10 nitrogen and oxygen atoms in total. The standard InChI is InChI=1S/C36H34F2N8O2/c1-2-36(35(48)41-28-9-12-31-30(19-28)33(43-42-31)24-3-7-26(37)8-4-24)13-14-44(23-36)22-32(47)46-17-15-45(16-18-46)29-10-5-25(6-11-29)34-39-20-27(38)21-40-34/h2-12,19-21H,1,13-18,22-23H2,(H,41,48)(H,42,43). The van der Waals surface area contributed by atoms with Crippen molar-refractivity contribution in [2.24, 2.45) is 5.41 Å². The Hall–Kier alpha value is -5.49. The molecule has 0 spiro atoms. The predicted molar refractivity (Wildman–Crippen MR) is 180 cm³/mol. The lowest BCUT2D eigenvalue weighted by molar-refractivity contribution is -0.133. The second kappa shape index (κ2) is 13.0. The van der Waals surface area contributed by atoms with Crippen LogP contribution in [-0.4, -0.2) is 87.6 Å². The van der Waals surface area contributed by atoms with Crippen LogP contribution in [0, 0.1) is 17.0 Å². The van der Waals surface area contributed by atoms with Gasteiger partial charge in [-0.1, -0.05) is 6.08 Å². The molecule has 2 N–H and O–H groups in total. The minimum Gasteiger partial charge on any atom is -0.368 e. The van der Waals surface area contributed by atoms with Gasteiger partial charge in [-0.05, 0) is 73.2 Å². The van der Waals surface area contributed by atoms with Gasteiger partial charge in [0.1, 0.15) is 5.82 Å². The summed E-state index contributed by atoms with van der Waals surface area (Å²) in [4.78, 5) is 41.2. The maximum absolute atomic E-state index is 13.7. The Balaban J connectivity index is 0.936. The van der Waals surface area contributed by atoms with Crippen LogP contribution in [0.5, 0.6) is 0 Å². The number of aromatic amines is 1. The number of nitrogens with one attached hydrogen (secondary N) is 2. The first kappa shape index (κ1) is 31.1. The van der Waals surface area contributed by atoms with E-state index in [4.69, 9.17) is 0 Å². The minimum absolute atomic E-state index is 0.0393. The Labute approximate surface area is 276 Å². The molecule has 48 heavy (non-hydrogen) atoms. The maximum atomic E-state index is 13.7. The Kier molecular flexibility index (Phi) is 8.40. The van der Waals surface area contributed by atoms with Gasteiger partial charge < -0.3 is 15.1 Å². The van der Waals surface area contributed by atoms with Gasteiger partial charge in [0.2, 0.25) is 11.8 Å². The summed E-state index contributed by atoms with van der Waals surface area (Å²) in [5.41, 5.74) is 3.84. The minimum atomic E-state index is -0.838. The number of halogens is 2. The molecule has 2 aromatic heterocycles. The topological polar surface area (TPSA) is 110 Å². The number of aromatic nitrogens is 4. The molecule has 0 bridgehead atoms. The highest BCUT2D eigenvalue weighted by atomic mass is 19.1. The number of rotatable bonds is 8. The van der Waals surface area contributed by atoms with Gasteiger partial charge in [0, 0.05) is 67.2 Å². The molecule has 7 rings (SSSR count). The van der Waals surface area contributed by atoms with E-state index in [1.54, 1.807) is 18.2 Å². The third kappa shape index (κ3) is 6.26. The van der Waals surface area contributed by atoms with Crippen molar-refractivity contribution in [3.63, 3.8) is 0 Å². The molecule has 2 saturated heterocycles. The molecule has 5 aromatic rings. The Morgan fingerprint density at radius 2 is 1.60 bits per heavy atom. The molecule has 2 amide bonds. The van der Waals surface area contributed by atoms with Gasteiger partial charge >= 0.3 is 0 Å². The molecule has 2 fully saturated rings. The monoisotopic (exact) mass is 648 g/mol. The van der Waals surface area contributed by atoms with Gasteiger partial charge in [0.05, 0.1) is 35.6 Å². The van der Waals surface area contributed by atoms with Crippen molar-refractivity contribution >= 4 is 34.1 Å². The molecule has 3 aromatic carbocycles. The zero-order valence-corrected chi connectivity index (χ0v) is 26.2. The normalized spacial score (nSPS) is 18.3. The van der Waals surface area contributed by atoms with E-state index < -0.39 is 11.2 Å². The summed E-state index contributed by atoms with van der Waals surface area (Å²) in [6.07, 6.45) is 4.55. The van der Waals surface area contributed by atoms with Crippen molar-refractivity contribution < 1.29 is 18.4 Å². The maximum Gasteiger partial charge on any atom is 0.236 e. The Morgan fingerprint density at radius 3 is 2.31 bits per heavy atom. The number of fused-ring (bicyclic) bond motifs is 1. The number of hydrogen-bond donors (Lipinski definition) is 2. The number of nitrogens with zero attached hydrogens (tertiary/aromatic N) is 6. The molecule has 4 heterocycles. The molecule has 1 atom stereocenters. The number of carbonyl (C=O) groups is 2. The van der Waals surface area contributed by atoms with Gasteiger partial charge in [0.25, 0.3) is 0 Å². The molecular formula is C36H34F2N8O2. The summed E-state index contributed by atoms with van der Waals surface area (Å²) in [5, 5.41) is 11.3. The number of carbonyl (C=O) groups excluding carboxylic acids is 2. The smallest absolute Gasteiger partial charge is 0.236 e. The van der Waals surface area contributed by atoms with E-state index in [0.29, 0.717) is 62.9 Å². The van der Waals surface area contributed by atoms with Crippen LogP contribution in [0.25, 0.3) is 33.5 Å². The second-order valence-electron chi connectivity index (χ2n) is 12.3. The summed E-state index contributed by atoms with van der Waals surface area (Å²) in [6, 6.07) is 19.4. The molecule has 0 aliphatic carbocycles. The van der Waals surface area contributed by atoms with Crippen LogP contribution < -0.4 is 10.2 Å². The number of H-pyrrole nitrogens is 1. The van der Waals surface area contributed by atoms with E-state index in [-0.39, 0.29) is 24.2 Å². The molecule has 0 radical (unpaired) electrons. The molecule has 2 aliphatic rings. The first-order valence-electron chi connectivity index (χ1n) is 15.8. The number of hydrogen-bond acceptors (Lipinski definition) is 7. The van der Waals surface area contributed by atoms with Crippen molar-refractivity contribution in [2.75, 3.05) is 56.0 Å². The molecule has 12 heteroatoms. The summed E-state index contributed by atoms with van der Waals surface area (Å²) >= 11 is 0. The molecule has 2 aliphatic heterocycles. The lowest BCUT2D eigenvalue weighted by Gasteiger charge is -2.37. The average molecular weight is 649 g/mol. The Bertz CT molecular complexity index is 1960. The van der Waals surface area contributed by atoms with Crippen LogP contribution in [0.4, 0.5) is 20.2 Å². The Morgan fingerprint density at radius 1 is 0.896 bits per heavy atom. The highest BCUT2D eigenvalue weighted by Crippen LogP contribution is 2.35. The number of benzene rings is 3. The summed E-state index contributed by atoms with van der Waals surface area (Å²) in [6.45, 7) is 7.81. The summed E-state index contributed by atoms with van der Waals surface area (Å²) in [7, 11) is 0. The second-order valence-corrected chi connectivity index (χ2v) is 12.3. The van der Waals surface area contributed by atoms with Crippen molar-refractivity contribution in [3.05, 3.63) is 103 Å². The average Bonchev–Trinajstić information content (AvgIpc) is 3.74. The largest absolute Gasteiger partial charge is 0.368 e. The van der Waals surface area contributed by atoms with E-state index in [1.165, 1.54) is 12.1 Å². The zero-order valence-electron chi connectivity index (χ0n) is 26.2. The van der Waals surface area contributed by atoms with Crippen LogP contribution >= 0.6 is 0 Å². The first-order chi connectivity index (χ1) is 23.3. The van der Waals surface area contributed by atoms with E-state index in [1.807, 2.05) is 52.3 Å². The molecular weight excluding hydrogens is 614 g/mol. The molecule has 1 unspecified atom stereocenters. The predicted octanol–water partition coefficient (Wildman–Crippen LogP) is 5.13. The van der Waals surface area contributed by atoms with E-state index in [0.717, 1.165) is 40.1 Å². The van der Waals surface area contributed by atoms with Gasteiger partial charge in [-0.3, -0.25) is 19.6 Å². The quantitative estimate of drug-likeness (QED) is 0.225. The fraction of sp³-hybridized carbons (Fsp3) is 0.250. The molecule has 244 valence electrons. The summed E-state index contributed by atoms with van der Waals surface area (Å²) < 4.78 is 26.6.